The maximum atomic E-state index is 9.10. The number of para-hydroxylation sites is 3. The molecule has 0 aliphatic heterocycles. The number of rotatable bonds is 8. The van der Waals surface area contributed by atoms with Crippen molar-refractivity contribution in [2.45, 2.75) is 39.9 Å². The summed E-state index contributed by atoms with van der Waals surface area (Å²) in [5, 5.41) is 1.49. The van der Waals surface area contributed by atoms with Crippen LogP contribution in [0.3, 0.4) is 0 Å². The van der Waals surface area contributed by atoms with Crippen LogP contribution in [0.4, 0.5) is 0 Å². The van der Waals surface area contributed by atoms with Gasteiger partial charge in [-0.3, -0.25) is 4.57 Å². The van der Waals surface area contributed by atoms with Gasteiger partial charge in [0.25, 0.3) is 6.33 Å². The number of aromatic nitrogens is 4. The summed E-state index contributed by atoms with van der Waals surface area (Å²) in [6, 6.07) is 37.3. The molecular weight excluding hydrogens is 988 g/mol. The smallest absolute Gasteiger partial charge is 0.268 e. The van der Waals surface area contributed by atoms with Crippen LogP contribution < -0.4 is 9.30 Å². The van der Waals surface area contributed by atoms with Gasteiger partial charge in [0, 0.05) is 52.5 Å². The van der Waals surface area contributed by atoms with Crippen LogP contribution >= 0.6 is 0 Å². The van der Waals surface area contributed by atoms with Crippen molar-refractivity contribution in [3.63, 3.8) is 0 Å². The Balaban J connectivity index is 0.00000753. The van der Waals surface area contributed by atoms with Gasteiger partial charge in [-0.1, -0.05) is 172 Å². The monoisotopic (exact) mass is 1050 g/mol. The minimum absolute atomic E-state index is 0. The molecule has 3 aromatic heterocycles. The van der Waals surface area contributed by atoms with E-state index < -0.39 is 79.5 Å². The maximum Gasteiger partial charge on any atom is 0.268 e. The second-order valence-electron chi connectivity index (χ2n) is 16.5. The molecule has 0 saturated heterocycles. The first-order valence-corrected chi connectivity index (χ1v) is 20.8. The van der Waals surface area contributed by atoms with Crippen molar-refractivity contribution in [3.05, 3.63) is 223 Å². The van der Waals surface area contributed by atoms with Crippen LogP contribution in [0.5, 0.6) is 11.5 Å². The van der Waals surface area contributed by atoms with E-state index in [-0.39, 0.29) is 77.5 Å². The number of benzene rings is 8. The molecule has 0 spiro atoms. The first-order valence-electron chi connectivity index (χ1n) is 28.8. The largest absolute Gasteiger partial charge is 0.510 e. The summed E-state index contributed by atoms with van der Waals surface area (Å²) in [6.07, 6.45) is 4.52. The van der Waals surface area contributed by atoms with Crippen molar-refractivity contribution in [1.82, 2.24) is 14.1 Å². The molecule has 0 radical (unpaired) electrons. The average Bonchev–Trinajstić information content (AvgIpc) is 4.11. The van der Waals surface area contributed by atoms with Gasteiger partial charge in [-0.15, -0.1) is 29.7 Å². The fraction of sp³-hybridized carbons (Fsp3) is 0.100. The fourth-order valence-corrected chi connectivity index (χ4v) is 8.22. The summed E-state index contributed by atoms with van der Waals surface area (Å²) in [5.74, 6) is 0.610. The van der Waals surface area contributed by atoms with E-state index in [4.69, 9.17) is 26.7 Å². The minimum atomic E-state index is -2.80. The Labute approximate surface area is 423 Å². The molecule has 324 valence electrons. The molecule has 0 bridgehead atoms. The van der Waals surface area contributed by atoms with Gasteiger partial charge in [0.15, 0.2) is 0 Å². The zero-order valence-corrected chi connectivity index (χ0v) is 37.9. The molecule has 0 aliphatic rings. The van der Waals surface area contributed by atoms with Gasteiger partial charge in [0.05, 0.1) is 30.4 Å². The van der Waals surface area contributed by atoms with Gasteiger partial charge >= 0.3 is 0 Å². The quantitative estimate of drug-likeness (QED) is 0.112. The van der Waals surface area contributed by atoms with Crippen molar-refractivity contribution < 1.29 is 52.3 Å². The zero-order chi connectivity index (χ0) is 57.9. The number of aryl methyl sites for hydroxylation is 2. The molecule has 3 heterocycles. The minimum Gasteiger partial charge on any atom is -0.510 e. The first-order chi connectivity index (χ1) is 38.2. The molecule has 6 heteroatoms. The maximum absolute atomic E-state index is 9.10. The normalized spacial score (nSPS) is 15.4. The third-order valence-corrected chi connectivity index (χ3v) is 11.4. The third kappa shape index (κ3) is 7.74. The predicted octanol–water partition coefficient (Wildman–Crippen LogP) is 14.5. The predicted molar refractivity (Wildman–Crippen MR) is 264 cm³/mol. The van der Waals surface area contributed by atoms with E-state index in [0.717, 1.165) is 28.3 Å². The van der Waals surface area contributed by atoms with E-state index >= 15 is 0 Å². The molecule has 0 atom stereocenters. The van der Waals surface area contributed by atoms with Crippen molar-refractivity contribution in [3.8, 4) is 62.1 Å². The summed E-state index contributed by atoms with van der Waals surface area (Å²) in [7, 11) is 0. The SMILES string of the molecule is [2H]c1c([2H])c([2H])c(-c2cccc(-c3c([2H])c([2H])c([2H])c([2H])c3[2H])c2-[n+]2[c-]n(-c3[c-]c(Oc4[c-]c5c(cc4)c4cc(-c6ccccc6)ccc4n5-c4cc(C([2H])([2H])[2H])c(C([2H])([2H])[2H])cn4)cc(C(C)(C)C)c3)c3ccccc32)c([2H])c1[2H].[Pt]. The summed E-state index contributed by atoms with van der Waals surface area (Å²) < 4.78 is 149. The van der Waals surface area contributed by atoms with Gasteiger partial charge in [0.1, 0.15) is 5.82 Å². The van der Waals surface area contributed by atoms with Gasteiger partial charge in [0.2, 0.25) is 0 Å². The van der Waals surface area contributed by atoms with E-state index in [9.17, 15) is 0 Å². The number of pyridine rings is 1. The fourth-order valence-electron chi connectivity index (χ4n) is 8.22. The van der Waals surface area contributed by atoms with E-state index in [1.807, 2.05) is 93.6 Å². The number of hydrogen-bond acceptors (Lipinski definition) is 2. The van der Waals surface area contributed by atoms with E-state index in [0.29, 0.717) is 33.1 Å². The Morgan fingerprint density at radius 2 is 1.33 bits per heavy atom. The Kier molecular flexibility index (Phi) is 7.28. The van der Waals surface area contributed by atoms with Crippen LogP contribution in [-0.2, 0) is 26.5 Å². The molecular formula is C60H46N4OPt-2. The van der Waals surface area contributed by atoms with Gasteiger partial charge in [-0.25, -0.2) is 4.98 Å². The summed E-state index contributed by atoms with van der Waals surface area (Å²) in [6.45, 7) is 0.510. The topological polar surface area (TPSA) is 35.9 Å². The first kappa shape index (κ1) is 27.9. The van der Waals surface area contributed by atoms with Crippen molar-refractivity contribution in [1.29, 1.82) is 0 Å². The Morgan fingerprint density at radius 1 is 0.621 bits per heavy atom. The molecule has 0 unspecified atom stereocenters. The second kappa shape index (κ2) is 17.2. The third-order valence-electron chi connectivity index (χ3n) is 11.4. The molecule has 0 saturated carbocycles. The summed E-state index contributed by atoms with van der Waals surface area (Å²) >= 11 is 0. The Hall–Kier alpha value is -7.33. The number of fused-ring (bicyclic) bond motifs is 4. The molecule has 11 rings (SSSR count). The average molecular weight is 1050 g/mol. The molecule has 8 aromatic carbocycles. The van der Waals surface area contributed by atoms with Crippen LogP contribution in [0.2, 0.25) is 0 Å². The number of ether oxygens (including phenoxy) is 1. The molecule has 11 aromatic rings. The van der Waals surface area contributed by atoms with Crippen LogP contribution in [0.1, 0.15) is 59.4 Å². The second-order valence-corrected chi connectivity index (χ2v) is 16.5. The number of imidazole rings is 1. The van der Waals surface area contributed by atoms with Crippen molar-refractivity contribution in [2.75, 3.05) is 0 Å². The Bertz CT molecular complexity index is 4270. The molecule has 66 heavy (non-hydrogen) atoms. The summed E-state index contributed by atoms with van der Waals surface area (Å²) in [5.41, 5.74) is 3.82. The van der Waals surface area contributed by atoms with Crippen LogP contribution in [-0.4, -0.2) is 14.1 Å². The standard InChI is InChI=1S/C60H46N4O.Pt/c1-40-32-58(61-38-41(40)2)64-54-31-28-45(42-18-9-6-10-19-42)33-53(54)52-30-29-48(37-57(52)64)65-49-35-46(60(3,4)5)34-47(36-49)62-39-63(56-27-16-15-26-55(56)62)59-50(43-20-11-7-12-21-43)24-17-25-51(59)44-22-13-8-14-23-44;/h6-35,38H,1-5H3;/q-2;/i1D3,2D3,7D,8D,11D,12D,13D,14D,20D,21D,22D,23D;. The van der Waals surface area contributed by atoms with E-state index in [1.165, 1.54) is 12.1 Å². The van der Waals surface area contributed by atoms with Crippen LogP contribution in [0.15, 0.2) is 188 Å². The van der Waals surface area contributed by atoms with Gasteiger partial charge in [-0.05, 0) is 86.8 Å². The number of nitrogens with zero attached hydrogens (tertiary/aromatic N) is 4. The van der Waals surface area contributed by atoms with E-state index in [2.05, 4.69) is 23.4 Å². The van der Waals surface area contributed by atoms with Crippen molar-refractivity contribution in [2.24, 2.45) is 0 Å². The van der Waals surface area contributed by atoms with Crippen molar-refractivity contribution >= 4 is 32.8 Å². The zero-order valence-electron chi connectivity index (χ0n) is 51.6. The van der Waals surface area contributed by atoms with Gasteiger partial charge in [-0.2, -0.15) is 17.7 Å². The van der Waals surface area contributed by atoms with Gasteiger partial charge < -0.3 is 13.9 Å². The van der Waals surface area contributed by atoms with Crippen LogP contribution in [0.25, 0.3) is 83.4 Å². The number of hydrogen-bond donors (Lipinski definition) is 0. The summed E-state index contributed by atoms with van der Waals surface area (Å²) in [4.78, 5) is 4.57. The molecule has 0 aliphatic carbocycles. The molecule has 0 fully saturated rings. The Morgan fingerprint density at radius 3 is 2.05 bits per heavy atom. The van der Waals surface area contributed by atoms with E-state index in [1.54, 1.807) is 50.1 Å². The molecule has 0 N–H and O–H groups in total. The molecule has 5 nitrogen and oxygen atoms in total. The van der Waals surface area contributed by atoms with Crippen LogP contribution in [0, 0.1) is 32.2 Å². The molecule has 0 amide bonds.